The third kappa shape index (κ3) is 2.85. The first-order chi connectivity index (χ1) is 8.72. The lowest BCUT2D eigenvalue weighted by Crippen LogP contribution is -2.09. The predicted octanol–water partition coefficient (Wildman–Crippen LogP) is 0.513. The van der Waals surface area contributed by atoms with Crippen molar-refractivity contribution in [1.82, 2.24) is 15.0 Å². The van der Waals surface area contributed by atoms with Crippen molar-refractivity contribution in [1.29, 1.82) is 0 Å². The smallest absolute Gasteiger partial charge is 0.119 e. The minimum Gasteiger partial charge on any atom is -0.497 e. The van der Waals surface area contributed by atoms with Crippen LogP contribution in [-0.4, -0.2) is 32.3 Å². The molecule has 2 aromatic rings. The first-order valence-electron chi connectivity index (χ1n) is 5.55. The van der Waals surface area contributed by atoms with Gasteiger partial charge in [0.25, 0.3) is 0 Å². The second-order valence-corrected chi connectivity index (χ2v) is 3.88. The Balaban J connectivity index is 2.08. The first kappa shape index (κ1) is 12.5. The van der Waals surface area contributed by atoms with Gasteiger partial charge in [-0.1, -0.05) is 17.3 Å². The van der Waals surface area contributed by atoms with Crippen LogP contribution in [-0.2, 0) is 13.2 Å². The summed E-state index contributed by atoms with van der Waals surface area (Å²) in [6.07, 6.45) is 0.900. The topological polar surface area (TPSA) is 80.4 Å². The molecule has 0 aliphatic carbocycles. The number of aromatic nitrogens is 3. The van der Waals surface area contributed by atoms with Gasteiger partial charge in [0.15, 0.2) is 0 Å². The van der Waals surface area contributed by atoms with Crippen molar-refractivity contribution in [2.24, 2.45) is 0 Å². The molecule has 1 aromatic carbocycles. The summed E-state index contributed by atoms with van der Waals surface area (Å²) in [7, 11) is 1.58. The monoisotopic (exact) mass is 249 g/mol. The summed E-state index contributed by atoms with van der Waals surface area (Å²) in [5.74, 6) is 0.696. The fraction of sp³-hybridized carbons (Fsp3) is 0.333. The number of benzene rings is 1. The van der Waals surface area contributed by atoms with Crippen LogP contribution in [0.2, 0.25) is 0 Å². The number of methoxy groups -OCH3 is 1. The Kier molecular flexibility index (Phi) is 3.91. The van der Waals surface area contributed by atoms with Gasteiger partial charge in [0.05, 0.1) is 32.6 Å². The molecule has 0 saturated heterocycles. The fourth-order valence-corrected chi connectivity index (χ4v) is 1.63. The van der Waals surface area contributed by atoms with Gasteiger partial charge in [-0.2, -0.15) is 0 Å². The highest BCUT2D eigenvalue weighted by atomic mass is 16.5. The molecule has 0 saturated carbocycles. The normalized spacial score (nSPS) is 12.4. The van der Waals surface area contributed by atoms with Gasteiger partial charge in [0, 0.05) is 0 Å². The van der Waals surface area contributed by atoms with Crippen LogP contribution < -0.4 is 4.74 Å². The van der Waals surface area contributed by atoms with Gasteiger partial charge in [-0.3, -0.25) is 0 Å². The lowest BCUT2D eigenvalue weighted by atomic mass is 10.1. The molecule has 6 heteroatoms. The van der Waals surface area contributed by atoms with Crippen molar-refractivity contribution in [3.63, 3.8) is 0 Å². The summed E-state index contributed by atoms with van der Waals surface area (Å²) in [4.78, 5) is 0. The molecular weight excluding hydrogens is 234 g/mol. The number of aliphatic hydroxyl groups is 2. The van der Waals surface area contributed by atoms with E-state index in [-0.39, 0.29) is 13.2 Å². The molecule has 0 radical (unpaired) electrons. The predicted molar refractivity (Wildman–Crippen MR) is 63.9 cm³/mol. The average Bonchev–Trinajstić information content (AvgIpc) is 2.86. The zero-order valence-electron chi connectivity index (χ0n) is 10.0. The quantitative estimate of drug-likeness (QED) is 0.807. The third-order valence-electron chi connectivity index (χ3n) is 2.59. The highest BCUT2D eigenvalue weighted by molar-refractivity contribution is 5.29. The molecule has 0 unspecified atom stereocenters. The van der Waals surface area contributed by atoms with Crippen LogP contribution >= 0.6 is 0 Å². The maximum absolute atomic E-state index is 10.1. The summed E-state index contributed by atoms with van der Waals surface area (Å²) in [5.41, 5.74) is 1.23. The Bertz CT molecular complexity index is 513. The standard InChI is InChI=1S/C12H15N3O3/c1-18-11-4-2-3-9(5-11)12(17)7-15-6-10(8-16)13-14-15/h2-6,12,16-17H,7-8H2,1H3/t12-/m1/s1. The molecule has 1 atom stereocenters. The SMILES string of the molecule is COc1cccc([C@H](O)Cn2cc(CO)nn2)c1. The van der Waals surface area contributed by atoms with Crippen LogP contribution in [0.15, 0.2) is 30.5 Å². The summed E-state index contributed by atoms with van der Waals surface area (Å²) in [6, 6.07) is 7.22. The number of hydrogen-bond acceptors (Lipinski definition) is 5. The Morgan fingerprint density at radius 1 is 1.44 bits per heavy atom. The lowest BCUT2D eigenvalue weighted by molar-refractivity contribution is 0.150. The van der Waals surface area contributed by atoms with Gasteiger partial charge in [0.2, 0.25) is 0 Å². The Morgan fingerprint density at radius 2 is 2.28 bits per heavy atom. The molecule has 2 rings (SSSR count). The first-order valence-corrected chi connectivity index (χ1v) is 5.55. The maximum atomic E-state index is 10.1. The molecule has 0 aliphatic heterocycles. The molecular formula is C12H15N3O3. The molecule has 0 aliphatic rings. The number of ether oxygens (including phenoxy) is 1. The average molecular weight is 249 g/mol. The van der Waals surface area contributed by atoms with Gasteiger partial charge < -0.3 is 14.9 Å². The van der Waals surface area contributed by atoms with E-state index in [1.54, 1.807) is 19.4 Å². The molecule has 0 bridgehead atoms. The number of hydrogen-bond donors (Lipinski definition) is 2. The molecule has 18 heavy (non-hydrogen) atoms. The molecule has 0 amide bonds. The highest BCUT2D eigenvalue weighted by Crippen LogP contribution is 2.20. The second kappa shape index (κ2) is 5.61. The van der Waals surface area contributed by atoms with E-state index < -0.39 is 6.10 Å². The summed E-state index contributed by atoms with van der Waals surface area (Å²) >= 11 is 0. The number of aliphatic hydroxyl groups excluding tert-OH is 2. The Labute approximate surface area is 104 Å². The summed E-state index contributed by atoms with van der Waals surface area (Å²) in [6.45, 7) is 0.120. The molecule has 2 N–H and O–H groups in total. The Morgan fingerprint density at radius 3 is 2.94 bits per heavy atom. The minimum atomic E-state index is -0.701. The van der Waals surface area contributed by atoms with Crippen molar-refractivity contribution in [3.8, 4) is 5.75 Å². The van der Waals surface area contributed by atoms with Crippen LogP contribution in [0.1, 0.15) is 17.4 Å². The molecule has 6 nitrogen and oxygen atoms in total. The van der Waals surface area contributed by atoms with Gasteiger partial charge in [0.1, 0.15) is 11.4 Å². The van der Waals surface area contributed by atoms with Gasteiger partial charge in [-0.25, -0.2) is 4.68 Å². The van der Waals surface area contributed by atoms with Gasteiger partial charge >= 0.3 is 0 Å². The van der Waals surface area contributed by atoms with Crippen molar-refractivity contribution in [2.75, 3.05) is 7.11 Å². The lowest BCUT2D eigenvalue weighted by Gasteiger charge is -2.11. The van der Waals surface area contributed by atoms with E-state index in [1.807, 2.05) is 18.2 Å². The largest absolute Gasteiger partial charge is 0.497 e. The number of nitrogens with zero attached hydrogens (tertiary/aromatic N) is 3. The number of rotatable bonds is 5. The van der Waals surface area contributed by atoms with E-state index >= 15 is 0 Å². The van der Waals surface area contributed by atoms with E-state index in [2.05, 4.69) is 10.3 Å². The van der Waals surface area contributed by atoms with Crippen molar-refractivity contribution < 1.29 is 14.9 Å². The van der Waals surface area contributed by atoms with Crippen LogP contribution in [0.25, 0.3) is 0 Å². The fourth-order valence-electron chi connectivity index (χ4n) is 1.63. The molecule has 1 aromatic heterocycles. The van der Waals surface area contributed by atoms with Crippen molar-refractivity contribution in [3.05, 3.63) is 41.7 Å². The third-order valence-corrected chi connectivity index (χ3v) is 2.59. The van der Waals surface area contributed by atoms with Crippen molar-refractivity contribution >= 4 is 0 Å². The minimum absolute atomic E-state index is 0.157. The molecule has 1 heterocycles. The van der Waals surface area contributed by atoms with Crippen molar-refractivity contribution in [2.45, 2.75) is 19.3 Å². The van der Waals surface area contributed by atoms with E-state index in [0.29, 0.717) is 11.4 Å². The van der Waals surface area contributed by atoms with Gasteiger partial charge in [-0.15, -0.1) is 5.10 Å². The van der Waals surface area contributed by atoms with Crippen LogP contribution in [0.5, 0.6) is 5.75 Å². The van der Waals surface area contributed by atoms with E-state index in [0.717, 1.165) is 5.56 Å². The van der Waals surface area contributed by atoms with E-state index in [4.69, 9.17) is 9.84 Å². The summed E-state index contributed by atoms with van der Waals surface area (Å²) in [5, 5.41) is 26.5. The Hall–Kier alpha value is -1.92. The van der Waals surface area contributed by atoms with Crippen LogP contribution in [0.3, 0.4) is 0 Å². The van der Waals surface area contributed by atoms with Crippen LogP contribution in [0, 0.1) is 0 Å². The zero-order chi connectivity index (χ0) is 13.0. The molecule has 96 valence electrons. The van der Waals surface area contributed by atoms with Crippen LogP contribution in [0.4, 0.5) is 0 Å². The second-order valence-electron chi connectivity index (χ2n) is 3.88. The summed E-state index contributed by atoms with van der Waals surface area (Å²) < 4.78 is 6.59. The molecule has 0 spiro atoms. The zero-order valence-corrected chi connectivity index (χ0v) is 10.0. The van der Waals surface area contributed by atoms with Gasteiger partial charge in [-0.05, 0) is 17.7 Å². The highest BCUT2D eigenvalue weighted by Gasteiger charge is 2.10. The molecule has 0 fully saturated rings. The van der Waals surface area contributed by atoms with E-state index in [9.17, 15) is 5.11 Å². The van der Waals surface area contributed by atoms with E-state index in [1.165, 1.54) is 4.68 Å². The maximum Gasteiger partial charge on any atom is 0.119 e.